The van der Waals surface area contributed by atoms with Crippen molar-refractivity contribution in [2.45, 2.75) is 94.3 Å². The maximum Gasteiger partial charge on any atom is 0.266 e. The number of benzene rings is 1. The molecule has 0 spiro atoms. The molecule has 3 fully saturated rings. The summed E-state index contributed by atoms with van der Waals surface area (Å²) in [6.07, 6.45) is 4.30. The molecule has 4 aliphatic rings. The predicted molar refractivity (Wildman–Crippen MR) is 130 cm³/mol. The Morgan fingerprint density at radius 3 is 2.43 bits per heavy atom. The molecule has 1 saturated heterocycles. The Bertz CT molecular complexity index is 1130. The number of rotatable bonds is 5. The molecule has 1 aromatic carbocycles. The Hall–Kier alpha value is -3.08. The molecule has 37 heavy (non-hydrogen) atoms. The first-order chi connectivity index (χ1) is 17.6. The van der Waals surface area contributed by atoms with E-state index < -0.39 is 35.6 Å². The van der Waals surface area contributed by atoms with Crippen LogP contribution in [0.4, 0.5) is 14.5 Å². The van der Waals surface area contributed by atoms with Crippen molar-refractivity contribution in [3.8, 4) is 5.75 Å². The zero-order valence-electron chi connectivity index (χ0n) is 20.8. The lowest BCUT2D eigenvalue weighted by Gasteiger charge is -2.42. The van der Waals surface area contributed by atoms with Gasteiger partial charge in [-0.3, -0.25) is 29.4 Å². The second kappa shape index (κ2) is 9.66. The first-order valence-electron chi connectivity index (χ1n) is 13.0. The summed E-state index contributed by atoms with van der Waals surface area (Å²) >= 11 is 0. The number of aromatic hydroxyl groups is 1. The third-order valence-electron chi connectivity index (χ3n) is 8.33. The van der Waals surface area contributed by atoms with Crippen molar-refractivity contribution in [3.05, 3.63) is 23.3 Å². The van der Waals surface area contributed by atoms with E-state index in [-0.39, 0.29) is 60.7 Å². The summed E-state index contributed by atoms with van der Waals surface area (Å²) < 4.78 is 27.2. The van der Waals surface area contributed by atoms with E-state index in [4.69, 9.17) is 0 Å². The van der Waals surface area contributed by atoms with Crippen LogP contribution in [0, 0.1) is 0 Å². The summed E-state index contributed by atoms with van der Waals surface area (Å²) in [5.74, 6) is -5.52. The van der Waals surface area contributed by atoms with Crippen LogP contribution in [-0.2, 0) is 9.59 Å². The van der Waals surface area contributed by atoms with E-state index in [0.717, 1.165) is 30.6 Å². The van der Waals surface area contributed by atoms with E-state index in [9.17, 15) is 33.1 Å². The van der Waals surface area contributed by atoms with Crippen LogP contribution in [0.25, 0.3) is 0 Å². The van der Waals surface area contributed by atoms with Gasteiger partial charge in [-0.15, -0.1) is 0 Å². The van der Waals surface area contributed by atoms with Crippen molar-refractivity contribution in [1.82, 2.24) is 15.5 Å². The fourth-order valence-corrected chi connectivity index (χ4v) is 6.27. The molecule has 0 aromatic heterocycles. The van der Waals surface area contributed by atoms with Crippen molar-refractivity contribution >= 4 is 29.3 Å². The number of nitrogens with zero attached hydrogens (tertiary/aromatic N) is 2. The number of carbonyl (C=O) groups excluding carboxylic acids is 4. The standard InChI is InChI=1S/C26H32F2N4O5/c1-31(17-5-3-2-4-16(17)29-14-10-12-26(27,28)13-11-14)18-7-6-15-21(22(18)34)25(37)32(24(15)36)19-8-9-20(33)30-23(19)35/h6-7,14,16-17,19,29,34H,2-5,8-13H2,1H3,(H,30,33,35). The topological polar surface area (TPSA) is 119 Å². The number of likely N-dealkylation sites (N-methyl/N-ethyl adjacent to an activating group) is 1. The molecule has 5 rings (SSSR count). The average molecular weight is 519 g/mol. The number of imide groups is 2. The number of hydrogen-bond acceptors (Lipinski definition) is 7. The molecule has 3 unspecified atom stereocenters. The van der Waals surface area contributed by atoms with E-state index in [1.165, 1.54) is 6.07 Å². The number of nitrogens with one attached hydrogen (secondary N) is 2. The number of anilines is 1. The minimum absolute atomic E-state index is 0.00789. The number of phenolic OH excluding ortho intramolecular Hbond substituents is 1. The van der Waals surface area contributed by atoms with Gasteiger partial charge in [-0.05, 0) is 44.2 Å². The Morgan fingerprint density at radius 1 is 1.03 bits per heavy atom. The van der Waals surface area contributed by atoms with Crippen molar-refractivity contribution in [2.24, 2.45) is 0 Å². The minimum atomic E-state index is -2.59. The van der Waals surface area contributed by atoms with Crippen LogP contribution in [0.1, 0.15) is 84.9 Å². The summed E-state index contributed by atoms with van der Waals surface area (Å²) in [4.78, 5) is 52.9. The summed E-state index contributed by atoms with van der Waals surface area (Å²) in [7, 11) is 1.82. The molecule has 9 nitrogen and oxygen atoms in total. The molecule has 0 bridgehead atoms. The Morgan fingerprint density at radius 2 is 1.73 bits per heavy atom. The third kappa shape index (κ3) is 4.69. The zero-order valence-corrected chi connectivity index (χ0v) is 20.8. The van der Waals surface area contributed by atoms with Gasteiger partial charge in [0, 0.05) is 44.4 Å². The third-order valence-corrected chi connectivity index (χ3v) is 8.33. The number of amides is 4. The molecule has 2 aliphatic heterocycles. The number of carbonyl (C=O) groups is 4. The molecule has 2 saturated carbocycles. The Kier molecular flexibility index (Phi) is 6.68. The fourth-order valence-electron chi connectivity index (χ4n) is 6.27. The number of alkyl halides is 2. The highest BCUT2D eigenvalue weighted by Crippen LogP contribution is 2.41. The molecule has 2 aliphatic carbocycles. The van der Waals surface area contributed by atoms with Gasteiger partial charge in [0.15, 0.2) is 5.75 Å². The minimum Gasteiger partial charge on any atom is -0.505 e. The van der Waals surface area contributed by atoms with Crippen molar-refractivity contribution in [1.29, 1.82) is 0 Å². The van der Waals surface area contributed by atoms with Gasteiger partial charge >= 0.3 is 0 Å². The van der Waals surface area contributed by atoms with Gasteiger partial charge in [0.05, 0.1) is 16.8 Å². The molecule has 1 aromatic rings. The molecule has 4 amide bonds. The highest BCUT2D eigenvalue weighted by Gasteiger charge is 2.47. The monoisotopic (exact) mass is 518 g/mol. The average Bonchev–Trinajstić information content (AvgIpc) is 3.11. The maximum atomic E-state index is 13.6. The summed E-state index contributed by atoms with van der Waals surface area (Å²) in [6, 6.07) is 1.97. The lowest BCUT2D eigenvalue weighted by molar-refractivity contribution is -0.136. The lowest BCUT2D eigenvalue weighted by Crippen LogP contribution is -2.54. The Balaban J connectivity index is 1.36. The highest BCUT2D eigenvalue weighted by molar-refractivity contribution is 6.25. The van der Waals surface area contributed by atoms with Crippen LogP contribution in [0.3, 0.4) is 0 Å². The van der Waals surface area contributed by atoms with E-state index >= 15 is 0 Å². The molecule has 0 radical (unpaired) electrons. The smallest absolute Gasteiger partial charge is 0.266 e. The Labute approximate surface area is 213 Å². The van der Waals surface area contributed by atoms with Gasteiger partial charge in [0.1, 0.15) is 6.04 Å². The summed E-state index contributed by atoms with van der Waals surface area (Å²) in [6.45, 7) is 0. The van der Waals surface area contributed by atoms with Gasteiger partial charge in [-0.25, -0.2) is 8.78 Å². The van der Waals surface area contributed by atoms with Crippen molar-refractivity contribution < 1.29 is 33.1 Å². The molecular formula is C26H32F2N4O5. The number of piperidine rings is 1. The van der Waals surface area contributed by atoms with Crippen molar-refractivity contribution in [2.75, 3.05) is 11.9 Å². The molecule has 200 valence electrons. The van der Waals surface area contributed by atoms with E-state index in [2.05, 4.69) is 10.6 Å². The molecule has 11 heteroatoms. The van der Waals surface area contributed by atoms with Gasteiger partial charge in [0.2, 0.25) is 17.7 Å². The molecule has 3 N–H and O–H groups in total. The van der Waals surface area contributed by atoms with Gasteiger partial charge < -0.3 is 15.3 Å². The van der Waals surface area contributed by atoms with Crippen LogP contribution in [-0.4, -0.2) is 70.8 Å². The fraction of sp³-hybridized carbons (Fsp3) is 0.615. The predicted octanol–water partition coefficient (Wildman–Crippen LogP) is 2.71. The van der Waals surface area contributed by atoms with Crippen molar-refractivity contribution in [3.63, 3.8) is 0 Å². The van der Waals surface area contributed by atoms with Crippen LogP contribution < -0.4 is 15.5 Å². The first-order valence-corrected chi connectivity index (χ1v) is 13.0. The van der Waals surface area contributed by atoms with E-state index in [0.29, 0.717) is 18.5 Å². The quantitative estimate of drug-likeness (QED) is 0.513. The highest BCUT2D eigenvalue weighted by atomic mass is 19.3. The number of phenols is 1. The van der Waals surface area contributed by atoms with Crippen LogP contribution >= 0.6 is 0 Å². The second-order valence-corrected chi connectivity index (χ2v) is 10.7. The normalized spacial score (nSPS) is 28.3. The van der Waals surface area contributed by atoms with Crippen LogP contribution in [0.2, 0.25) is 0 Å². The van der Waals surface area contributed by atoms with E-state index in [1.54, 1.807) is 6.07 Å². The SMILES string of the molecule is CN(c1ccc2c(c1O)C(=O)N(C1CCC(=O)NC1=O)C2=O)C1CCCCC1NC1CCC(F)(F)CC1. The number of fused-ring (bicyclic) bond motifs is 1. The summed E-state index contributed by atoms with van der Waals surface area (Å²) in [5, 5.41) is 16.9. The first kappa shape index (κ1) is 25.6. The zero-order chi connectivity index (χ0) is 26.5. The second-order valence-electron chi connectivity index (χ2n) is 10.7. The number of halogens is 2. The lowest BCUT2D eigenvalue weighted by atomic mass is 9.86. The van der Waals surface area contributed by atoms with Gasteiger partial charge in [0.25, 0.3) is 11.8 Å². The molecule has 2 heterocycles. The molecular weight excluding hydrogens is 486 g/mol. The van der Waals surface area contributed by atoms with Crippen LogP contribution in [0.15, 0.2) is 12.1 Å². The van der Waals surface area contributed by atoms with E-state index in [1.807, 2.05) is 11.9 Å². The maximum absolute atomic E-state index is 13.6. The largest absolute Gasteiger partial charge is 0.505 e. The number of hydrogen-bond donors (Lipinski definition) is 3. The van der Waals surface area contributed by atoms with Gasteiger partial charge in [-0.1, -0.05) is 12.8 Å². The van der Waals surface area contributed by atoms with Crippen LogP contribution in [0.5, 0.6) is 5.75 Å². The molecule has 3 atom stereocenters. The van der Waals surface area contributed by atoms with Gasteiger partial charge in [-0.2, -0.15) is 0 Å². The summed E-state index contributed by atoms with van der Waals surface area (Å²) in [5.41, 5.74) is 0.263.